The third kappa shape index (κ3) is 5.84. The number of benzene rings is 4. The van der Waals surface area contributed by atoms with Crippen molar-refractivity contribution >= 4 is 73.6 Å². The fourth-order valence-electron chi connectivity index (χ4n) is 5.54. The van der Waals surface area contributed by atoms with E-state index >= 15 is 0 Å². The molecule has 224 valence electrons. The van der Waals surface area contributed by atoms with Crippen LogP contribution in [-0.2, 0) is 24.0 Å². The molecule has 5 rings (SSSR count). The van der Waals surface area contributed by atoms with E-state index in [-0.39, 0.29) is 18.6 Å². The molecule has 4 aromatic rings. The van der Waals surface area contributed by atoms with E-state index in [1.807, 2.05) is 42.5 Å². The number of ketones is 1. The smallest absolute Gasteiger partial charge is 0.322 e. The van der Waals surface area contributed by atoms with Crippen LogP contribution in [0.4, 0.5) is 0 Å². The summed E-state index contributed by atoms with van der Waals surface area (Å²) in [5, 5.41) is 49.1. The molecular weight excluding hydrogens is 578 g/mol. The number of carboxylic acids is 2. The van der Waals surface area contributed by atoms with E-state index in [9.17, 15) is 34.2 Å². The summed E-state index contributed by atoms with van der Waals surface area (Å²) in [6.45, 7) is -0.713. The van der Waals surface area contributed by atoms with Gasteiger partial charge in [-0.25, -0.2) is 0 Å². The van der Waals surface area contributed by atoms with E-state index in [1.54, 1.807) is 6.07 Å². The van der Waals surface area contributed by atoms with Crippen LogP contribution in [-0.4, -0.2) is 80.4 Å². The van der Waals surface area contributed by atoms with Crippen LogP contribution < -0.4 is 16.4 Å². The minimum Gasteiger partial charge on any atom is -0.480 e. The van der Waals surface area contributed by atoms with Crippen LogP contribution in [0, 0.1) is 0 Å². The Balaban J connectivity index is 1.50. The Bertz CT molecular complexity index is 1740. The van der Waals surface area contributed by atoms with Gasteiger partial charge in [0.15, 0.2) is 5.78 Å². The second kappa shape index (κ2) is 12.1. The van der Waals surface area contributed by atoms with Gasteiger partial charge in [-0.1, -0.05) is 42.5 Å². The lowest BCUT2D eigenvalue weighted by Gasteiger charge is -2.34. The maximum Gasteiger partial charge on any atom is 0.322 e. The average molecular weight is 608 g/mol. The van der Waals surface area contributed by atoms with Crippen molar-refractivity contribution in [2.45, 2.75) is 42.4 Å². The number of aliphatic hydroxyl groups excluding tert-OH is 2. The van der Waals surface area contributed by atoms with Crippen LogP contribution in [0.15, 0.2) is 48.5 Å². The Kier molecular flexibility index (Phi) is 8.51. The summed E-state index contributed by atoms with van der Waals surface area (Å²) in [5.74, 6) is -5.10. The molecule has 0 unspecified atom stereocenters. The normalized spacial score (nSPS) is 19.7. The van der Waals surface area contributed by atoms with E-state index in [1.165, 1.54) is 0 Å². The zero-order chi connectivity index (χ0) is 31.0. The molecule has 0 radical (unpaired) electrons. The predicted molar refractivity (Wildman–Crippen MR) is 159 cm³/mol. The summed E-state index contributed by atoms with van der Waals surface area (Å²) in [4.78, 5) is 60.5. The van der Waals surface area contributed by atoms with Gasteiger partial charge in [-0.2, -0.15) is 0 Å². The highest BCUT2D eigenvalue weighted by Gasteiger charge is 2.42. The van der Waals surface area contributed by atoms with E-state index in [2.05, 4.69) is 10.6 Å². The van der Waals surface area contributed by atoms with Gasteiger partial charge < -0.3 is 36.8 Å². The molecule has 0 heterocycles. The quantitative estimate of drug-likeness (QED) is 0.120. The van der Waals surface area contributed by atoms with E-state index in [0.717, 1.165) is 44.1 Å². The highest BCUT2D eigenvalue weighted by atomic mass is 32.2. The first-order chi connectivity index (χ1) is 20.5. The zero-order valence-electron chi connectivity index (χ0n) is 22.6. The van der Waals surface area contributed by atoms with Gasteiger partial charge >= 0.3 is 11.9 Å². The molecule has 13 heteroatoms. The largest absolute Gasteiger partial charge is 0.480 e. The van der Waals surface area contributed by atoms with Crippen molar-refractivity contribution in [1.29, 1.82) is 0 Å². The lowest BCUT2D eigenvalue weighted by atomic mass is 9.80. The number of fused-ring (bicyclic) bond motifs is 2. The molecule has 4 aromatic carbocycles. The van der Waals surface area contributed by atoms with Gasteiger partial charge in [0.1, 0.15) is 30.8 Å². The van der Waals surface area contributed by atoms with Crippen LogP contribution in [0.5, 0.6) is 0 Å². The van der Waals surface area contributed by atoms with Gasteiger partial charge in [0.2, 0.25) is 11.8 Å². The summed E-state index contributed by atoms with van der Waals surface area (Å²) in [7, 11) is 0. The Labute approximate surface area is 248 Å². The van der Waals surface area contributed by atoms with Crippen LogP contribution in [0.1, 0.15) is 35.3 Å². The standard InChI is InChI=1S/C30H29N3O9S/c31-18(30(41)42)8-9-20(34)33-19(29(40)32-11-21(35)36)12-43-28-24-16-7-6-14-3-1-2-13-4-5-15(23(16)22(13)14)10-17(24)25(37)26(38)27(28)39/h1-7,10,18-19,25,27-28,37,39H,8-9,11-12,31H2,(H,32,40)(H,33,34)(H,35,36)(H,41,42)/t18-,19-,25+,27-,28-/m0/s1. The van der Waals surface area contributed by atoms with Crippen molar-refractivity contribution in [2.75, 3.05) is 12.3 Å². The van der Waals surface area contributed by atoms with Crippen molar-refractivity contribution in [3.05, 3.63) is 59.7 Å². The number of rotatable bonds is 11. The SMILES string of the molecule is N[C@@H](CCC(=O)N[C@@H](CS[C@H]1c2c(cc3ccc4cccc5ccc2c3c45)[C@@H](O)C(=O)[C@@H]1O)C(=O)NCC(=O)O)C(=O)O. The summed E-state index contributed by atoms with van der Waals surface area (Å²) in [5.41, 5.74) is 6.33. The summed E-state index contributed by atoms with van der Waals surface area (Å²) in [6.07, 6.45) is -3.72. The fourth-order valence-corrected chi connectivity index (χ4v) is 6.92. The molecule has 8 N–H and O–H groups in total. The first-order valence-corrected chi connectivity index (χ1v) is 14.5. The number of carboxylic acid groups (broad SMARTS) is 2. The van der Waals surface area contributed by atoms with Gasteiger partial charge in [0, 0.05) is 12.2 Å². The molecule has 0 saturated heterocycles. The highest BCUT2D eigenvalue weighted by molar-refractivity contribution is 7.99. The Hall–Kier alpha value is -4.30. The van der Waals surface area contributed by atoms with Crippen molar-refractivity contribution in [3.63, 3.8) is 0 Å². The number of carbonyl (C=O) groups is 5. The number of nitrogens with two attached hydrogens (primary N) is 1. The second-order valence-electron chi connectivity index (χ2n) is 10.5. The van der Waals surface area contributed by atoms with Gasteiger partial charge in [-0.05, 0) is 55.9 Å². The molecule has 5 atom stereocenters. The molecule has 43 heavy (non-hydrogen) atoms. The number of nitrogens with one attached hydrogen (secondary N) is 2. The van der Waals surface area contributed by atoms with Crippen LogP contribution >= 0.6 is 11.8 Å². The molecular formula is C30H29N3O9S. The molecule has 0 bridgehead atoms. The van der Waals surface area contributed by atoms with Gasteiger partial charge in [0.05, 0.1) is 5.25 Å². The van der Waals surface area contributed by atoms with E-state index in [4.69, 9.17) is 15.9 Å². The molecule has 0 aliphatic heterocycles. The van der Waals surface area contributed by atoms with Crippen LogP contribution in [0.25, 0.3) is 32.3 Å². The second-order valence-corrected chi connectivity index (χ2v) is 11.6. The van der Waals surface area contributed by atoms with Crippen molar-refractivity contribution in [3.8, 4) is 0 Å². The lowest BCUT2D eigenvalue weighted by molar-refractivity contribution is -0.139. The third-order valence-electron chi connectivity index (χ3n) is 7.66. The molecule has 1 aliphatic carbocycles. The maximum absolute atomic E-state index is 13.0. The molecule has 12 nitrogen and oxygen atoms in total. The van der Waals surface area contributed by atoms with Gasteiger partial charge in [-0.3, -0.25) is 24.0 Å². The van der Waals surface area contributed by atoms with E-state index in [0.29, 0.717) is 11.1 Å². The first kappa shape index (κ1) is 30.2. The number of Topliss-reactive ketones (excluding diaryl/α,β-unsaturated/α-hetero) is 1. The van der Waals surface area contributed by atoms with E-state index < -0.39 is 65.6 Å². The maximum atomic E-state index is 13.0. The number of carbonyl (C=O) groups excluding carboxylic acids is 3. The molecule has 2 amide bonds. The number of amides is 2. The van der Waals surface area contributed by atoms with Gasteiger partial charge in [-0.15, -0.1) is 11.8 Å². The lowest BCUT2D eigenvalue weighted by Crippen LogP contribution is -2.50. The summed E-state index contributed by atoms with van der Waals surface area (Å²) in [6, 6.07) is 12.7. The number of hydrogen-bond donors (Lipinski definition) is 7. The number of aliphatic hydroxyl groups is 2. The number of thioether (sulfide) groups is 1. The van der Waals surface area contributed by atoms with Crippen molar-refractivity contribution in [1.82, 2.24) is 10.6 Å². The number of aliphatic carboxylic acids is 2. The first-order valence-electron chi connectivity index (χ1n) is 13.5. The van der Waals surface area contributed by atoms with Crippen molar-refractivity contribution in [2.24, 2.45) is 5.73 Å². The van der Waals surface area contributed by atoms with Crippen molar-refractivity contribution < 1.29 is 44.4 Å². The van der Waals surface area contributed by atoms with Crippen LogP contribution in [0.2, 0.25) is 0 Å². The number of hydrogen-bond acceptors (Lipinski definition) is 9. The Morgan fingerprint density at radius 1 is 0.953 bits per heavy atom. The molecule has 1 aliphatic rings. The topological polar surface area (TPSA) is 216 Å². The average Bonchev–Trinajstić information content (AvgIpc) is 2.99. The minimum absolute atomic E-state index is 0.186. The zero-order valence-corrected chi connectivity index (χ0v) is 23.5. The third-order valence-corrected chi connectivity index (χ3v) is 9.03. The molecule has 0 spiro atoms. The minimum atomic E-state index is -1.64. The van der Waals surface area contributed by atoms with Crippen LogP contribution in [0.3, 0.4) is 0 Å². The van der Waals surface area contributed by atoms with Gasteiger partial charge in [0.25, 0.3) is 0 Å². The molecule has 0 aromatic heterocycles. The molecule has 0 saturated carbocycles. The summed E-state index contributed by atoms with van der Waals surface area (Å²) >= 11 is 1.00. The Morgan fingerprint density at radius 3 is 2.30 bits per heavy atom. The Morgan fingerprint density at radius 2 is 1.63 bits per heavy atom. The summed E-state index contributed by atoms with van der Waals surface area (Å²) < 4.78 is 0. The predicted octanol–water partition coefficient (Wildman–Crippen LogP) is 1.21. The highest BCUT2D eigenvalue weighted by Crippen LogP contribution is 2.48. The monoisotopic (exact) mass is 607 g/mol. The fraction of sp³-hybridized carbons (Fsp3) is 0.300. The molecule has 0 fully saturated rings.